The molecule has 0 fully saturated rings. The van der Waals surface area contributed by atoms with Crippen molar-refractivity contribution in [1.29, 1.82) is 0 Å². The van der Waals surface area contributed by atoms with Crippen LogP contribution >= 0.6 is 11.3 Å². The van der Waals surface area contributed by atoms with Crippen molar-refractivity contribution in [3.8, 4) is 0 Å². The molecule has 1 N–H and O–H groups in total. The van der Waals surface area contributed by atoms with Gasteiger partial charge in [0.05, 0.1) is 17.1 Å². The number of esters is 1. The Labute approximate surface area is 166 Å². The molecule has 8 heteroatoms. The Morgan fingerprint density at radius 1 is 1.36 bits per heavy atom. The van der Waals surface area contributed by atoms with Crippen LogP contribution in [0, 0.1) is 16.0 Å². The maximum atomic E-state index is 12.7. The number of anilines is 1. The van der Waals surface area contributed by atoms with Gasteiger partial charge in [-0.3, -0.25) is 14.9 Å². The second-order valence-electron chi connectivity index (χ2n) is 6.71. The summed E-state index contributed by atoms with van der Waals surface area (Å²) >= 11 is 1.40. The Kier molecular flexibility index (Phi) is 6.08. The topological polar surface area (TPSA) is 98.5 Å². The van der Waals surface area contributed by atoms with E-state index < -0.39 is 16.8 Å². The number of rotatable bonds is 6. The first-order valence-corrected chi connectivity index (χ1v) is 10.1. The second-order valence-corrected chi connectivity index (χ2v) is 7.81. The van der Waals surface area contributed by atoms with E-state index in [0.29, 0.717) is 16.5 Å². The average Bonchev–Trinajstić information content (AvgIpc) is 3.04. The molecule has 1 aromatic heterocycles. The number of nitro groups is 1. The molecule has 0 unspecified atom stereocenters. The quantitative estimate of drug-likeness (QED) is 0.432. The zero-order valence-electron chi connectivity index (χ0n) is 15.8. The van der Waals surface area contributed by atoms with Crippen molar-refractivity contribution in [2.24, 2.45) is 5.92 Å². The number of amides is 1. The molecule has 0 aliphatic heterocycles. The van der Waals surface area contributed by atoms with Crippen molar-refractivity contribution in [2.75, 3.05) is 11.9 Å². The number of nitrogens with one attached hydrogen (secondary N) is 1. The SMILES string of the molecule is CCOC(=O)c1c(NC(=O)c2cccc([N+](=O)[O-])c2)sc2c1CC[C@H](CC)C2. The predicted octanol–water partition coefficient (Wildman–Crippen LogP) is 4.60. The van der Waals surface area contributed by atoms with E-state index in [9.17, 15) is 19.7 Å². The number of carbonyl (C=O) groups is 2. The van der Waals surface area contributed by atoms with Crippen LogP contribution in [-0.2, 0) is 17.6 Å². The highest BCUT2D eigenvalue weighted by molar-refractivity contribution is 7.17. The van der Waals surface area contributed by atoms with Crippen LogP contribution in [0.25, 0.3) is 0 Å². The highest BCUT2D eigenvalue weighted by Crippen LogP contribution is 2.41. The van der Waals surface area contributed by atoms with Gasteiger partial charge in [-0.1, -0.05) is 19.4 Å². The summed E-state index contributed by atoms with van der Waals surface area (Å²) in [6.07, 6.45) is 3.74. The number of carbonyl (C=O) groups excluding carboxylic acids is 2. The number of fused-ring (bicyclic) bond motifs is 1. The molecular weight excluding hydrogens is 380 g/mol. The third-order valence-corrected chi connectivity index (χ3v) is 6.14. The summed E-state index contributed by atoms with van der Waals surface area (Å²) in [4.78, 5) is 36.7. The largest absolute Gasteiger partial charge is 0.462 e. The van der Waals surface area contributed by atoms with Crippen molar-refractivity contribution in [3.63, 3.8) is 0 Å². The van der Waals surface area contributed by atoms with E-state index >= 15 is 0 Å². The minimum absolute atomic E-state index is 0.158. The summed E-state index contributed by atoms with van der Waals surface area (Å²) in [6.45, 7) is 4.14. The van der Waals surface area contributed by atoms with Crippen molar-refractivity contribution in [2.45, 2.75) is 39.5 Å². The van der Waals surface area contributed by atoms with Crippen LogP contribution in [0.4, 0.5) is 10.7 Å². The molecule has 0 saturated carbocycles. The maximum Gasteiger partial charge on any atom is 0.341 e. The standard InChI is InChI=1S/C20H22N2O5S/c1-3-12-8-9-15-16(10-12)28-19(17(15)20(24)27-4-2)21-18(23)13-6-5-7-14(11-13)22(25)26/h5-7,11-12H,3-4,8-10H2,1-2H3,(H,21,23)/t12-/m0/s1. The molecule has 1 heterocycles. The molecule has 1 aromatic carbocycles. The predicted molar refractivity (Wildman–Crippen MR) is 107 cm³/mol. The van der Waals surface area contributed by atoms with Gasteiger partial charge in [-0.15, -0.1) is 11.3 Å². The van der Waals surface area contributed by atoms with E-state index in [1.54, 1.807) is 6.92 Å². The molecule has 148 valence electrons. The lowest BCUT2D eigenvalue weighted by atomic mass is 9.85. The normalized spacial score (nSPS) is 15.6. The van der Waals surface area contributed by atoms with Gasteiger partial charge in [0.15, 0.2) is 0 Å². The molecule has 2 aromatic rings. The zero-order valence-corrected chi connectivity index (χ0v) is 16.6. The Bertz CT molecular complexity index is 921. The summed E-state index contributed by atoms with van der Waals surface area (Å²) in [7, 11) is 0. The number of non-ortho nitro benzene ring substituents is 1. The number of hydrogen-bond donors (Lipinski definition) is 1. The van der Waals surface area contributed by atoms with E-state index in [1.165, 1.54) is 35.6 Å². The summed E-state index contributed by atoms with van der Waals surface area (Å²) in [5, 5.41) is 14.2. The molecule has 0 saturated heterocycles. The molecule has 1 aliphatic rings. The van der Waals surface area contributed by atoms with Crippen LogP contribution in [0.5, 0.6) is 0 Å². The fourth-order valence-electron chi connectivity index (χ4n) is 3.45. The fraction of sp³-hybridized carbons (Fsp3) is 0.400. The van der Waals surface area contributed by atoms with Crippen LogP contribution in [0.3, 0.4) is 0 Å². The van der Waals surface area contributed by atoms with Crippen LogP contribution in [0.2, 0.25) is 0 Å². The van der Waals surface area contributed by atoms with Crippen molar-refractivity contribution >= 4 is 33.9 Å². The van der Waals surface area contributed by atoms with Crippen LogP contribution < -0.4 is 5.32 Å². The molecule has 1 amide bonds. The first kappa shape index (κ1) is 20.0. The van der Waals surface area contributed by atoms with E-state index in [1.807, 2.05) is 0 Å². The maximum absolute atomic E-state index is 12.7. The van der Waals surface area contributed by atoms with Gasteiger partial charge in [-0.05, 0) is 43.7 Å². The van der Waals surface area contributed by atoms with Gasteiger partial charge in [0.25, 0.3) is 11.6 Å². The van der Waals surface area contributed by atoms with Gasteiger partial charge in [0.2, 0.25) is 0 Å². The first-order chi connectivity index (χ1) is 13.4. The zero-order chi connectivity index (χ0) is 20.3. The van der Waals surface area contributed by atoms with Crippen molar-refractivity contribution in [1.82, 2.24) is 0 Å². The van der Waals surface area contributed by atoms with Gasteiger partial charge in [-0.2, -0.15) is 0 Å². The smallest absolute Gasteiger partial charge is 0.341 e. The molecule has 0 bridgehead atoms. The van der Waals surface area contributed by atoms with Crippen LogP contribution in [0.15, 0.2) is 24.3 Å². The summed E-state index contributed by atoms with van der Waals surface area (Å²) in [5.74, 6) is -0.356. The third-order valence-electron chi connectivity index (χ3n) is 4.97. The van der Waals surface area contributed by atoms with Crippen LogP contribution in [-0.4, -0.2) is 23.4 Å². The monoisotopic (exact) mass is 402 g/mol. The molecule has 1 atom stereocenters. The second kappa shape index (κ2) is 8.52. The van der Waals surface area contributed by atoms with E-state index in [-0.39, 0.29) is 17.9 Å². The summed E-state index contributed by atoms with van der Waals surface area (Å²) < 4.78 is 5.21. The highest BCUT2D eigenvalue weighted by atomic mass is 32.1. The average molecular weight is 402 g/mol. The fourth-order valence-corrected chi connectivity index (χ4v) is 4.79. The lowest BCUT2D eigenvalue weighted by molar-refractivity contribution is -0.384. The highest BCUT2D eigenvalue weighted by Gasteiger charge is 2.30. The van der Waals surface area contributed by atoms with E-state index in [4.69, 9.17) is 4.74 Å². The number of benzene rings is 1. The van der Waals surface area contributed by atoms with Crippen molar-refractivity contribution in [3.05, 3.63) is 55.9 Å². The molecular formula is C20H22N2O5S. The minimum atomic E-state index is -0.546. The number of ether oxygens (including phenoxy) is 1. The molecule has 28 heavy (non-hydrogen) atoms. The third kappa shape index (κ3) is 4.06. The van der Waals surface area contributed by atoms with Gasteiger partial charge in [-0.25, -0.2) is 4.79 Å². The van der Waals surface area contributed by atoms with Gasteiger partial charge < -0.3 is 10.1 Å². The Morgan fingerprint density at radius 3 is 2.82 bits per heavy atom. The minimum Gasteiger partial charge on any atom is -0.462 e. The number of nitro benzene ring substituents is 1. The number of nitrogens with zero attached hydrogens (tertiary/aromatic N) is 1. The first-order valence-electron chi connectivity index (χ1n) is 9.32. The van der Waals surface area contributed by atoms with E-state index in [0.717, 1.165) is 36.1 Å². The van der Waals surface area contributed by atoms with Gasteiger partial charge >= 0.3 is 5.97 Å². The number of thiophene rings is 1. The Morgan fingerprint density at radius 2 is 2.14 bits per heavy atom. The molecule has 0 spiro atoms. The lowest BCUT2D eigenvalue weighted by Crippen LogP contribution is -2.17. The molecule has 0 radical (unpaired) electrons. The Balaban J connectivity index is 1.93. The summed E-state index contributed by atoms with van der Waals surface area (Å²) in [5.41, 5.74) is 1.40. The van der Waals surface area contributed by atoms with Gasteiger partial charge in [0, 0.05) is 22.6 Å². The van der Waals surface area contributed by atoms with Gasteiger partial charge in [0.1, 0.15) is 5.00 Å². The lowest BCUT2D eigenvalue weighted by Gasteiger charge is -2.20. The molecule has 1 aliphatic carbocycles. The van der Waals surface area contributed by atoms with Crippen LogP contribution in [0.1, 0.15) is 57.8 Å². The number of hydrogen-bond acceptors (Lipinski definition) is 6. The van der Waals surface area contributed by atoms with E-state index in [2.05, 4.69) is 12.2 Å². The molecule has 3 rings (SSSR count). The Hall–Kier alpha value is -2.74. The summed E-state index contributed by atoms with van der Waals surface area (Å²) in [6, 6.07) is 5.52. The molecule has 7 nitrogen and oxygen atoms in total. The van der Waals surface area contributed by atoms with Crippen molar-refractivity contribution < 1.29 is 19.2 Å².